The van der Waals surface area contributed by atoms with Crippen LogP contribution in [0.4, 0.5) is 0 Å². The van der Waals surface area contributed by atoms with E-state index in [2.05, 4.69) is 24.1 Å². The summed E-state index contributed by atoms with van der Waals surface area (Å²) in [6.07, 6.45) is 3.10. The molecule has 1 saturated heterocycles. The predicted molar refractivity (Wildman–Crippen MR) is 73.8 cm³/mol. The smallest absolute Gasteiger partial charge is 0.323 e. The maximum atomic E-state index is 11.5. The van der Waals surface area contributed by atoms with Crippen molar-refractivity contribution in [2.24, 2.45) is 0 Å². The average molecular weight is 256 g/mol. The standard InChI is InChI=1S/C14H28N2O2/c1-10(2)15-14(5,13(17)18)9-12(4)16-8-6-7-11(16)3/h10-12,15H,6-9H2,1-5H3,(H,17,18). The summed E-state index contributed by atoms with van der Waals surface area (Å²) < 4.78 is 0. The molecule has 0 radical (unpaired) electrons. The van der Waals surface area contributed by atoms with Gasteiger partial charge in [-0.05, 0) is 60.4 Å². The lowest BCUT2D eigenvalue weighted by atomic mass is 9.92. The minimum absolute atomic E-state index is 0.175. The molecular formula is C14H28N2O2. The zero-order chi connectivity index (χ0) is 13.9. The number of hydrogen-bond acceptors (Lipinski definition) is 3. The van der Waals surface area contributed by atoms with Crippen LogP contribution in [0.5, 0.6) is 0 Å². The molecule has 18 heavy (non-hydrogen) atoms. The van der Waals surface area contributed by atoms with E-state index in [1.807, 2.05) is 13.8 Å². The van der Waals surface area contributed by atoms with Gasteiger partial charge in [-0.1, -0.05) is 0 Å². The first-order chi connectivity index (χ1) is 8.26. The minimum Gasteiger partial charge on any atom is -0.480 e. The molecule has 0 aromatic heterocycles. The highest BCUT2D eigenvalue weighted by Gasteiger charge is 2.37. The summed E-state index contributed by atoms with van der Waals surface area (Å²) in [5.41, 5.74) is -0.837. The average Bonchev–Trinajstić information content (AvgIpc) is 2.62. The molecule has 0 aliphatic carbocycles. The van der Waals surface area contributed by atoms with Crippen molar-refractivity contribution in [2.45, 2.75) is 77.5 Å². The highest BCUT2D eigenvalue weighted by Crippen LogP contribution is 2.25. The van der Waals surface area contributed by atoms with Crippen molar-refractivity contribution < 1.29 is 9.90 Å². The number of hydrogen-bond donors (Lipinski definition) is 2. The minimum atomic E-state index is -0.837. The molecule has 2 N–H and O–H groups in total. The molecule has 0 aromatic carbocycles. The molecule has 3 atom stereocenters. The molecule has 106 valence electrons. The van der Waals surface area contributed by atoms with Gasteiger partial charge in [-0.2, -0.15) is 0 Å². The lowest BCUT2D eigenvalue weighted by molar-refractivity contribution is -0.145. The Morgan fingerprint density at radius 3 is 2.50 bits per heavy atom. The fourth-order valence-corrected chi connectivity index (χ4v) is 3.16. The molecule has 3 unspecified atom stereocenters. The van der Waals surface area contributed by atoms with Crippen LogP contribution in [0.25, 0.3) is 0 Å². The van der Waals surface area contributed by atoms with Crippen molar-refractivity contribution in [3.63, 3.8) is 0 Å². The number of carboxylic acid groups (broad SMARTS) is 1. The highest BCUT2D eigenvalue weighted by molar-refractivity contribution is 5.78. The van der Waals surface area contributed by atoms with Gasteiger partial charge in [-0.15, -0.1) is 0 Å². The maximum Gasteiger partial charge on any atom is 0.323 e. The first kappa shape index (κ1) is 15.4. The lowest BCUT2D eigenvalue weighted by Gasteiger charge is -2.36. The Morgan fingerprint density at radius 1 is 1.50 bits per heavy atom. The second-order valence-electron chi connectivity index (χ2n) is 6.22. The van der Waals surface area contributed by atoms with Crippen molar-refractivity contribution in [2.75, 3.05) is 6.54 Å². The predicted octanol–water partition coefficient (Wildman–Crippen LogP) is 2.09. The first-order valence-corrected chi connectivity index (χ1v) is 7.03. The van der Waals surface area contributed by atoms with Gasteiger partial charge in [0.1, 0.15) is 5.54 Å². The van der Waals surface area contributed by atoms with Crippen LogP contribution >= 0.6 is 0 Å². The molecule has 4 heteroatoms. The van der Waals surface area contributed by atoms with Crippen LogP contribution < -0.4 is 5.32 Å². The first-order valence-electron chi connectivity index (χ1n) is 7.03. The van der Waals surface area contributed by atoms with Crippen molar-refractivity contribution in [1.82, 2.24) is 10.2 Å². The van der Waals surface area contributed by atoms with Crippen molar-refractivity contribution in [3.8, 4) is 0 Å². The van der Waals surface area contributed by atoms with Gasteiger partial charge >= 0.3 is 5.97 Å². The largest absolute Gasteiger partial charge is 0.480 e. The van der Waals surface area contributed by atoms with Crippen LogP contribution in [0.15, 0.2) is 0 Å². The molecule has 0 aromatic rings. The Kier molecular flexibility index (Phi) is 5.17. The van der Waals surface area contributed by atoms with E-state index in [1.165, 1.54) is 12.8 Å². The zero-order valence-electron chi connectivity index (χ0n) is 12.4. The van der Waals surface area contributed by atoms with E-state index < -0.39 is 11.5 Å². The van der Waals surface area contributed by atoms with Gasteiger partial charge < -0.3 is 5.11 Å². The zero-order valence-corrected chi connectivity index (χ0v) is 12.4. The quantitative estimate of drug-likeness (QED) is 0.764. The van der Waals surface area contributed by atoms with Crippen molar-refractivity contribution in [3.05, 3.63) is 0 Å². The third kappa shape index (κ3) is 3.69. The Hall–Kier alpha value is -0.610. The number of nitrogens with zero attached hydrogens (tertiary/aromatic N) is 1. The third-order valence-corrected chi connectivity index (χ3v) is 3.95. The maximum absolute atomic E-state index is 11.5. The number of carbonyl (C=O) groups is 1. The molecule has 0 bridgehead atoms. The van der Waals surface area contributed by atoms with Crippen LogP contribution in [-0.4, -0.2) is 46.2 Å². The van der Waals surface area contributed by atoms with Gasteiger partial charge in [0.2, 0.25) is 0 Å². The van der Waals surface area contributed by atoms with Gasteiger partial charge in [-0.3, -0.25) is 15.0 Å². The van der Waals surface area contributed by atoms with Crippen molar-refractivity contribution >= 4 is 5.97 Å². The van der Waals surface area contributed by atoms with Crippen LogP contribution in [0.1, 0.15) is 53.9 Å². The second-order valence-corrected chi connectivity index (χ2v) is 6.22. The molecule has 0 saturated carbocycles. The van der Waals surface area contributed by atoms with Gasteiger partial charge in [-0.25, -0.2) is 0 Å². The topological polar surface area (TPSA) is 52.6 Å². The van der Waals surface area contributed by atoms with E-state index in [9.17, 15) is 9.90 Å². The van der Waals surface area contributed by atoms with Crippen LogP contribution in [0.3, 0.4) is 0 Å². The Balaban J connectivity index is 2.68. The lowest BCUT2D eigenvalue weighted by Crippen LogP contribution is -2.55. The van der Waals surface area contributed by atoms with E-state index in [4.69, 9.17) is 0 Å². The molecule has 1 heterocycles. The molecule has 1 fully saturated rings. The summed E-state index contributed by atoms with van der Waals surface area (Å²) >= 11 is 0. The summed E-state index contributed by atoms with van der Waals surface area (Å²) in [6.45, 7) is 11.3. The third-order valence-electron chi connectivity index (χ3n) is 3.95. The number of nitrogens with one attached hydrogen (secondary N) is 1. The Bertz CT molecular complexity index is 294. The molecule has 4 nitrogen and oxygen atoms in total. The van der Waals surface area contributed by atoms with Gasteiger partial charge in [0, 0.05) is 18.1 Å². The Labute approximate surface area is 111 Å². The van der Waals surface area contributed by atoms with Crippen molar-refractivity contribution in [1.29, 1.82) is 0 Å². The normalized spacial score (nSPS) is 26.2. The molecule has 1 aliphatic heterocycles. The number of rotatable bonds is 6. The van der Waals surface area contributed by atoms with E-state index in [1.54, 1.807) is 6.92 Å². The van der Waals surface area contributed by atoms with E-state index in [-0.39, 0.29) is 6.04 Å². The summed E-state index contributed by atoms with van der Waals surface area (Å²) in [5.74, 6) is -0.755. The summed E-state index contributed by atoms with van der Waals surface area (Å²) in [5, 5.41) is 12.7. The Morgan fingerprint density at radius 2 is 2.11 bits per heavy atom. The second kappa shape index (κ2) is 6.02. The fraction of sp³-hybridized carbons (Fsp3) is 0.929. The number of carboxylic acids is 1. The monoisotopic (exact) mass is 256 g/mol. The molecule has 1 rings (SSSR count). The SMILES string of the molecule is CC(C)NC(C)(CC(C)N1CCCC1C)C(=O)O. The molecular weight excluding hydrogens is 228 g/mol. The summed E-state index contributed by atoms with van der Waals surface area (Å²) in [4.78, 5) is 13.9. The van der Waals surface area contributed by atoms with E-state index >= 15 is 0 Å². The van der Waals surface area contributed by atoms with Crippen LogP contribution in [0, 0.1) is 0 Å². The van der Waals surface area contributed by atoms with Gasteiger partial charge in [0.15, 0.2) is 0 Å². The van der Waals surface area contributed by atoms with Crippen LogP contribution in [0.2, 0.25) is 0 Å². The number of likely N-dealkylation sites (tertiary alicyclic amines) is 1. The van der Waals surface area contributed by atoms with Gasteiger partial charge in [0.25, 0.3) is 0 Å². The summed E-state index contributed by atoms with van der Waals surface area (Å²) in [7, 11) is 0. The number of aliphatic carboxylic acids is 1. The van der Waals surface area contributed by atoms with Gasteiger partial charge in [0.05, 0.1) is 0 Å². The molecule has 1 aliphatic rings. The molecule has 0 amide bonds. The van der Waals surface area contributed by atoms with Crippen LogP contribution in [-0.2, 0) is 4.79 Å². The summed E-state index contributed by atoms with van der Waals surface area (Å²) in [6, 6.07) is 1.06. The molecule has 0 spiro atoms. The highest BCUT2D eigenvalue weighted by atomic mass is 16.4. The van der Waals surface area contributed by atoms with E-state index in [0.29, 0.717) is 18.5 Å². The van der Waals surface area contributed by atoms with E-state index in [0.717, 1.165) is 6.54 Å². The fourth-order valence-electron chi connectivity index (χ4n) is 3.16.